The molecule has 3 aliphatic rings. The topological polar surface area (TPSA) is 81.2 Å². The molecule has 11 heteroatoms. The predicted octanol–water partition coefficient (Wildman–Crippen LogP) is -0.377. The van der Waals surface area contributed by atoms with Gasteiger partial charge < -0.3 is 24.5 Å². The summed E-state index contributed by atoms with van der Waals surface area (Å²) in [6.07, 6.45) is 0. The van der Waals surface area contributed by atoms with Crippen molar-refractivity contribution in [3.8, 4) is 0 Å². The highest BCUT2D eigenvalue weighted by atomic mass is 15.4. The van der Waals surface area contributed by atoms with Gasteiger partial charge in [-0.3, -0.25) is 4.90 Å². The van der Waals surface area contributed by atoms with Crippen molar-refractivity contribution in [3.63, 3.8) is 0 Å². The summed E-state index contributed by atoms with van der Waals surface area (Å²) in [5.74, 6) is 2.20. The molecule has 0 aromatic heterocycles. The van der Waals surface area contributed by atoms with Crippen molar-refractivity contribution in [1.29, 1.82) is 0 Å². The van der Waals surface area contributed by atoms with Gasteiger partial charge in [0.05, 0.1) is 23.8 Å². The van der Waals surface area contributed by atoms with E-state index in [0.717, 1.165) is 35.4 Å². The van der Waals surface area contributed by atoms with Crippen LogP contribution in [0.25, 0.3) is 0 Å². The van der Waals surface area contributed by atoms with Crippen molar-refractivity contribution in [2.75, 3.05) is 84.2 Å². The maximum absolute atomic E-state index is 5.14. The first-order chi connectivity index (χ1) is 14.9. The molecule has 11 nitrogen and oxygen atoms in total. The van der Waals surface area contributed by atoms with E-state index in [-0.39, 0.29) is 12.1 Å². The molecule has 3 rings (SSSR count). The van der Waals surface area contributed by atoms with Gasteiger partial charge in [0.25, 0.3) is 0 Å². The molecule has 2 aliphatic heterocycles. The van der Waals surface area contributed by atoms with Crippen molar-refractivity contribution in [2.45, 2.75) is 12.1 Å². The lowest BCUT2D eigenvalue weighted by atomic mass is 9.88. The molecular weight excluding hydrogens is 406 g/mol. The van der Waals surface area contributed by atoms with Gasteiger partial charge in [-0.2, -0.15) is 0 Å². The maximum atomic E-state index is 5.14. The minimum Gasteiger partial charge on any atom is -0.358 e. The molecular formula is C21H37N11. The molecule has 0 saturated heterocycles. The standard InChI is InChI=1S/C21H37N11/c1-27(2)12-32(11)18-16-14(22-19(24-16)28(3)4)13(26-21(30(7)8)31(9)10)15-17(18)25-20(23-15)29(5)6/h13-14H,12H2,1-11H3. The van der Waals surface area contributed by atoms with E-state index in [1.54, 1.807) is 0 Å². The van der Waals surface area contributed by atoms with Crippen LogP contribution in [0.15, 0.2) is 36.4 Å². The number of fused-ring (bicyclic) bond motifs is 2. The van der Waals surface area contributed by atoms with E-state index in [1.165, 1.54) is 0 Å². The Bertz CT molecular complexity index is 921. The molecule has 0 bridgehead atoms. The van der Waals surface area contributed by atoms with Crippen LogP contribution in [0.5, 0.6) is 0 Å². The van der Waals surface area contributed by atoms with E-state index in [4.69, 9.17) is 25.0 Å². The van der Waals surface area contributed by atoms with E-state index in [1.807, 2.05) is 90.1 Å². The normalized spacial score (nSPS) is 21.4. The van der Waals surface area contributed by atoms with Crippen LogP contribution in [0, 0.1) is 0 Å². The summed E-state index contributed by atoms with van der Waals surface area (Å²) < 4.78 is 0. The zero-order valence-electron chi connectivity index (χ0n) is 21.3. The van der Waals surface area contributed by atoms with Gasteiger partial charge in [0.15, 0.2) is 5.96 Å². The molecule has 0 amide bonds. The molecule has 0 saturated carbocycles. The van der Waals surface area contributed by atoms with Crippen molar-refractivity contribution < 1.29 is 0 Å². The molecule has 176 valence electrons. The van der Waals surface area contributed by atoms with Crippen LogP contribution in [-0.4, -0.2) is 155 Å². The average Bonchev–Trinajstić information content (AvgIpc) is 3.28. The van der Waals surface area contributed by atoms with Gasteiger partial charge in [-0.05, 0) is 14.1 Å². The molecule has 0 N–H and O–H groups in total. The third kappa shape index (κ3) is 4.34. The summed E-state index contributed by atoms with van der Waals surface area (Å²) in [4.78, 5) is 37.0. The number of hydrogen-bond donors (Lipinski definition) is 0. The van der Waals surface area contributed by atoms with Crippen molar-refractivity contribution in [3.05, 3.63) is 11.4 Å². The minimum atomic E-state index is -0.321. The fourth-order valence-corrected chi connectivity index (χ4v) is 3.97. The first kappa shape index (κ1) is 23.7. The number of guanidine groups is 3. The molecule has 2 unspecified atom stereocenters. The highest BCUT2D eigenvalue weighted by Crippen LogP contribution is 2.34. The fourth-order valence-electron chi connectivity index (χ4n) is 3.97. The molecule has 0 spiro atoms. The molecule has 0 aromatic carbocycles. The smallest absolute Gasteiger partial charge is 0.225 e. The highest BCUT2D eigenvalue weighted by Gasteiger charge is 2.47. The first-order valence-corrected chi connectivity index (χ1v) is 10.6. The second-order valence-corrected chi connectivity index (χ2v) is 9.35. The fraction of sp³-hybridized carbons (Fsp3) is 0.667. The van der Waals surface area contributed by atoms with Gasteiger partial charge in [0, 0.05) is 63.4 Å². The monoisotopic (exact) mass is 443 g/mol. The molecule has 2 heterocycles. The largest absolute Gasteiger partial charge is 0.358 e. The van der Waals surface area contributed by atoms with Crippen molar-refractivity contribution in [1.82, 2.24) is 29.4 Å². The quantitative estimate of drug-likeness (QED) is 0.335. The van der Waals surface area contributed by atoms with Crippen LogP contribution >= 0.6 is 0 Å². The summed E-state index contributed by atoms with van der Waals surface area (Å²) in [7, 11) is 21.9. The van der Waals surface area contributed by atoms with Crippen LogP contribution in [0.3, 0.4) is 0 Å². The van der Waals surface area contributed by atoms with Gasteiger partial charge in [0.1, 0.15) is 17.8 Å². The zero-order chi connectivity index (χ0) is 23.9. The number of aliphatic imine (C=N–C) groups is 5. The second-order valence-electron chi connectivity index (χ2n) is 9.35. The lowest BCUT2D eigenvalue weighted by Gasteiger charge is -2.34. The average molecular weight is 444 g/mol. The summed E-state index contributed by atoms with van der Waals surface area (Å²) in [5, 5.41) is 0. The van der Waals surface area contributed by atoms with Crippen LogP contribution in [0.2, 0.25) is 0 Å². The first-order valence-electron chi connectivity index (χ1n) is 10.6. The SMILES string of the molecule is CN(C)CN(C)C1=C2N=C(N(C)C)N=C2C(N=C(N(C)C)N(C)C)C2N=C(N(C)C)N=C12. The highest BCUT2D eigenvalue weighted by molar-refractivity contribution is 6.28. The lowest BCUT2D eigenvalue weighted by molar-refractivity contribution is 0.258. The number of hydrogen-bond acceptors (Lipinski definition) is 9. The molecule has 1 aliphatic carbocycles. The van der Waals surface area contributed by atoms with E-state index < -0.39 is 0 Å². The number of rotatable bonds is 4. The Balaban J connectivity index is 2.26. The molecule has 0 fully saturated rings. The Morgan fingerprint density at radius 1 is 0.750 bits per heavy atom. The maximum Gasteiger partial charge on any atom is 0.225 e. The van der Waals surface area contributed by atoms with Gasteiger partial charge in [-0.15, -0.1) is 0 Å². The molecule has 32 heavy (non-hydrogen) atoms. The van der Waals surface area contributed by atoms with E-state index in [9.17, 15) is 0 Å². The van der Waals surface area contributed by atoms with Crippen LogP contribution < -0.4 is 0 Å². The van der Waals surface area contributed by atoms with Crippen molar-refractivity contribution >= 4 is 29.3 Å². The molecule has 0 aromatic rings. The third-order valence-corrected chi connectivity index (χ3v) is 5.21. The summed E-state index contributed by atoms with van der Waals surface area (Å²) >= 11 is 0. The Hall–Kier alpha value is -2.95. The van der Waals surface area contributed by atoms with E-state index in [2.05, 4.69) is 16.8 Å². The zero-order valence-corrected chi connectivity index (χ0v) is 21.3. The Morgan fingerprint density at radius 2 is 1.31 bits per heavy atom. The van der Waals surface area contributed by atoms with Gasteiger partial charge in [-0.25, -0.2) is 25.0 Å². The Morgan fingerprint density at radius 3 is 1.81 bits per heavy atom. The third-order valence-electron chi connectivity index (χ3n) is 5.21. The summed E-state index contributed by atoms with van der Waals surface area (Å²) in [6.45, 7) is 0.719. The van der Waals surface area contributed by atoms with E-state index >= 15 is 0 Å². The van der Waals surface area contributed by atoms with Gasteiger partial charge >= 0.3 is 0 Å². The Kier molecular flexibility index (Phi) is 6.59. The van der Waals surface area contributed by atoms with Gasteiger partial charge in [0.2, 0.25) is 11.9 Å². The van der Waals surface area contributed by atoms with Crippen LogP contribution in [0.1, 0.15) is 0 Å². The van der Waals surface area contributed by atoms with Gasteiger partial charge in [-0.1, -0.05) is 0 Å². The molecule has 2 atom stereocenters. The summed E-state index contributed by atoms with van der Waals surface area (Å²) in [6, 6.07) is -0.583. The Labute approximate surface area is 191 Å². The van der Waals surface area contributed by atoms with Crippen molar-refractivity contribution in [2.24, 2.45) is 25.0 Å². The number of nitrogens with zero attached hydrogens (tertiary/aromatic N) is 11. The second kappa shape index (κ2) is 8.89. The molecule has 0 radical (unpaired) electrons. The van der Waals surface area contributed by atoms with Crippen LogP contribution in [-0.2, 0) is 0 Å². The predicted molar refractivity (Wildman–Crippen MR) is 133 cm³/mol. The van der Waals surface area contributed by atoms with E-state index in [0.29, 0.717) is 11.9 Å². The van der Waals surface area contributed by atoms with Crippen LogP contribution in [0.4, 0.5) is 0 Å². The minimum absolute atomic E-state index is 0.263. The summed E-state index contributed by atoms with van der Waals surface area (Å²) in [5.41, 5.74) is 3.51. The lowest BCUT2D eigenvalue weighted by Crippen LogP contribution is -2.48.